The first-order chi connectivity index (χ1) is 12.7. The summed E-state index contributed by atoms with van der Waals surface area (Å²) in [6, 6.07) is 12.7. The molecule has 0 radical (unpaired) electrons. The van der Waals surface area contributed by atoms with Gasteiger partial charge < -0.3 is 14.5 Å². The fraction of sp³-hybridized carbons (Fsp3) is 0.429. The highest BCUT2D eigenvalue weighted by Crippen LogP contribution is 2.23. The lowest BCUT2D eigenvalue weighted by Crippen LogP contribution is -2.36. The molecule has 0 aliphatic carbocycles. The lowest BCUT2D eigenvalue weighted by atomic mass is 10.1. The van der Waals surface area contributed by atoms with Crippen molar-refractivity contribution < 1.29 is 4.74 Å². The standard InChI is InChI=1S/C21H28N4O/c1-4-24(3)21-14-20(25-8-10-26-11-9-25)13-19(23-21)16-22-15-18-7-5-6-17(2)12-18/h5-7,12-15H,4,8-11,16H2,1-3H3. The number of anilines is 2. The molecule has 5 nitrogen and oxygen atoms in total. The zero-order chi connectivity index (χ0) is 18.4. The fourth-order valence-corrected chi connectivity index (χ4v) is 2.99. The Kier molecular flexibility index (Phi) is 6.23. The largest absolute Gasteiger partial charge is 0.378 e. The summed E-state index contributed by atoms with van der Waals surface area (Å²) in [4.78, 5) is 13.9. The van der Waals surface area contributed by atoms with Gasteiger partial charge in [0, 0.05) is 44.7 Å². The molecule has 0 bridgehead atoms. The number of benzene rings is 1. The maximum absolute atomic E-state index is 5.48. The van der Waals surface area contributed by atoms with Crippen LogP contribution in [0.15, 0.2) is 41.4 Å². The topological polar surface area (TPSA) is 41.0 Å². The van der Waals surface area contributed by atoms with Crippen LogP contribution in [0.3, 0.4) is 0 Å². The Bertz CT molecular complexity index is 753. The number of pyridine rings is 1. The number of ether oxygens (including phenoxy) is 1. The van der Waals surface area contributed by atoms with Gasteiger partial charge in [0.2, 0.25) is 0 Å². The molecule has 2 heterocycles. The molecule has 0 atom stereocenters. The van der Waals surface area contributed by atoms with Crippen molar-refractivity contribution in [2.45, 2.75) is 20.4 Å². The van der Waals surface area contributed by atoms with Crippen molar-refractivity contribution in [3.63, 3.8) is 0 Å². The van der Waals surface area contributed by atoms with Crippen molar-refractivity contribution in [3.05, 3.63) is 53.2 Å². The first-order valence-corrected chi connectivity index (χ1v) is 9.27. The van der Waals surface area contributed by atoms with E-state index in [1.807, 2.05) is 6.21 Å². The molecule has 1 aromatic carbocycles. The molecule has 1 aliphatic heterocycles. The number of hydrogen-bond acceptors (Lipinski definition) is 5. The van der Waals surface area contributed by atoms with E-state index in [1.54, 1.807) is 0 Å². The lowest BCUT2D eigenvalue weighted by molar-refractivity contribution is 0.122. The summed E-state index contributed by atoms with van der Waals surface area (Å²) in [5.41, 5.74) is 4.57. The monoisotopic (exact) mass is 352 g/mol. The third kappa shape index (κ3) is 4.82. The summed E-state index contributed by atoms with van der Waals surface area (Å²) in [6.07, 6.45) is 1.93. The lowest BCUT2D eigenvalue weighted by Gasteiger charge is -2.30. The summed E-state index contributed by atoms with van der Waals surface area (Å²) in [5, 5.41) is 0. The molecule has 138 valence electrons. The highest BCUT2D eigenvalue weighted by molar-refractivity contribution is 5.79. The van der Waals surface area contributed by atoms with Crippen molar-refractivity contribution in [3.8, 4) is 0 Å². The third-order valence-corrected chi connectivity index (χ3v) is 4.63. The molecule has 0 saturated carbocycles. The van der Waals surface area contributed by atoms with Gasteiger partial charge in [-0.1, -0.05) is 29.8 Å². The Morgan fingerprint density at radius 1 is 1.23 bits per heavy atom. The molecule has 3 rings (SSSR count). The number of aromatic nitrogens is 1. The van der Waals surface area contributed by atoms with Crippen LogP contribution in [-0.2, 0) is 11.3 Å². The molecule has 1 fully saturated rings. The zero-order valence-electron chi connectivity index (χ0n) is 16.0. The second-order valence-electron chi connectivity index (χ2n) is 6.67. The average Bonchev–Trinajstić information content (AvgIpc) is 2.68. The Labute approximate surface area is 156 Å². The van der Waals surface area contributed by atoms with E-state index in [4.69, 9.17) is 9.72 Å². The van der Waals surface area contributed by atoms with Gasteiger partial charge in [0.15, 0.2) is 0 Å². The van der Waals surface area contributed by atoms with Crippen molar-refractivity contribution in [2.75, 3.05) is 49.7 Å². The molecule has 26 heavy (non-hydrogen) atoms. The fourth-order valence-electron chi connectivity index (χ4n) is 2.99. The Hall–Kier alpha value is -2.40. The quantitative estimate of drug-likeness (QED) is 0.748. The SMILES string of the molecule is CCN(C)c1cc(N2CCOCC2)cc(CN=Cc2cccc(C)c2)n1. The van der Waals surface area contributed by atoms with Gasteiger partial charge in [-0.05, 0) is 25.5 Å². The third-order valence-electron chi connectivity index (χ3n) is 4.63. The second kappa shape index (κ2) is 8.81. The maximum atomic E-state index is 5.48. The average molecular weight is 352 g/mol. The van der Waals surface area contributed by atoms with Crippen LogP contribution < -0.4 is 9.80 Å². The van der Waals surface area contributed by atoms with E-state index in [0.29, 0.717) is 6.54 Å². The summed E-state index contributed by atoms with van der Waals surface area (Å²) < 4.78 is 5.48. The van der Waals surface area contributed by atoms with E-state index in [0.717, 1.165) is 49.9 Å². The van der Waals surface area contributed by atoms with Gasteiger partial charge in [0.1, 0.15) is 5.82 Å². The van der Waals surface area contributed by atoms with Crippen molar-refractivity contribution >= 4 is 17.7 Å². The number of nitrogens with zero attached hydrogens (tertiary/aromatic N) is 4. The van der Waals surface area contributed by atoms with E-state index in [2.05, 4.69) is 72.1 Å². The Morgan fingerprint density at radius 2 is 2.04 bits per heavy atom. The molecule has 1 aliphatic rings. The number of aliphatic imine (C=N–C) groups is 1. The van der Waals surface area contributed by atoms with Gasteiger partial charge in [-0.25, -0.2) is 4.98 Å². The molecule has 0 amide bonds. The van der Waals surface area contributed by atoms with Crippen LogP contribution in [0, 0.1) is 6.92 Å². The van der Waals surface area contributed by atoms with Crippen LogP contribution in [0.4, 0.5) is 11.5 Å². The smallest absolute Gasteiger partial charge is 0.130 e. The molecule has 2 aromatic rings. The van der Waals surface area contributed by atoms with Gasteiger partial charge in [0.05, 0.1) is 25.5 Å². The molecular weight excluding hydrogens is 324 g/mol. The summed E-state index contributed by atoms with van der Waals surface area (Å²) in [5.74, 6) is 0.997. The molecule has 1 aromatic heterocycles. The van der Waals surface area contributed by atoms with Crippen LogP contribution in [-0.4, -0.2) is 51.1 Å². The van der Waals surface area contributed by atoms with Crippen molar-refractivity contribution in [1.29, 1.82) is 0 Å². The van der Waals surface area contributed by atoms with E-state index < -0.39 is 0 Å². The highest BCUT2D eigenvalue weighted by atomic mass is 16.5. The Morgan fingerprint density at radius 3 is 2.77 bits per heavy atom. The van der Waals surface area contributed by atoms with E-state index in [-0.39, 0.29) is 0 Å². The number of morpholine rings is 1. The second-order valence-corrected chi connectivity index (χ2v) is 6.67. The van der Waals surface area contributed by atoms with E-state index in [1.165, 1.54) is 11.3 Å². The number of aryl methyl sites for hydroxylation is 1. The molecule has 5 heteroatoms. The molecular formula is C21H28N4O. The first-order valence-electron chi connectivity index (χ1n) is 9.27. The van der Waals surface area contributed by atoms with Gasteiger partial charge in [-0.3, -0.25) is 4.99 Å². The molecule has 0 unspecified atom stereocenters. The van der Waals surface area contributed by atoms with Crippen LogP contribution >= 0.6 is 0 Å². The maximum Gasteiger partial charge on any atom is 0.130 e. The predicted molar refractivity (Wildman–Crippen MR) is 109 cm³/mol. The highest BCUT2D eigenvalue weighted by Gasteiger charge is 2.14. The van der Waals surface area contributed by atoms with Gasteiger partial charge in [-0.15, -0.1) is 0 Å². The Balaban J connectivity index is 1.80. The number of hydrogen-bond donors (Lipinski definition) is 0. The predicted octanol–water partition coefficient (Wildman–Crippen LogP) is 3.30. The minimum Gasteiger partial charge on any atom is -0.378 e. The van der Waals surface area contributed by atoms with Crippen molar-refractivity contribution in [1.82, 2.24) is 4.98 Å². The minimum atomic E-state index is 0.580. The summed E-state index contributed by atoms with van der Waals surface area (Å²) >= 11 is 0. The zero-order valence-corrected chi connectivity index (χ0v) is 16.0. The van der Waals surface area contributed by atoms with Crippen LogP contribution in [0.1, 0.15) is 23.7 Å². The van der Waals surface area contributed by atoms with Gasteiger partial charge >= 0.3 is 0 Å². The van der Waals surface area contributed by atoms with Crippen LogP contribution in [0.25, 0.3) is 0 Å². The minimum absolute atomic E-state index is 0.580. The molecule has 1 saturated heterocycles. The van der Waals surface area contributed by atoms with E-state index >= 15 is 0 Å². The molecule has 0 spiro atoms. The first kappa shape index (κ1) is 18.4. The van der Waals surface area contributed by atoms with E-state index in [9.17, 15) is 0 Å². The number of rotatable bonds is 6. The summed E-state index contributed by atoms with van der Waals surface area (Å²) in [6.45, 7) is 9.14. The van der Waals surface area contributed by atoms with Crippen molar-refractivity contribution in [2.24, 2.45) is 4.99 Å². The van der Waals surface area contributed by atoms with Crippen LogP contribution in [0.5, 0.6) is 0 Å². The molecule has 0 N–H and O–H groups in total. The van der Waals surface area contributed by atoms with Gasteiger partial charge in [-0.2, -0.15) is 0 Å². The van der Waals surface area contributed by atoms with Gasteiger partial charge in [0.25, 0.3) is 0 Å². The van der Waals surface area contributed by atoms with Crippen LogP contribution in [0.2, 0.25) is 0 Å². The normalized spacial score (nSPS) is 14.8. The summed E-state index contributed by atoms with van der Waals surface area (Å²) in [7, 11) is 2.07.